The zero-order valence-corrected chi connectivity index (χ0v) is 18.7. The maximum atomic E-state index is 10.9. The summed E-state index contributed by atoms with van der Waals surface area (Å²) in [4.78, 5) is 15.2. The van der Waals surface area contributed by atoms with Crippen LogP contribution in [0, 0.1) is 12.8 Å². The Labute approximate surface area is 189 Å². The SMILES string of the molecule is CN=C(NCc1cccc(OCC(N)=O)c1)NCc1ccc(C)cc1OCC1CCOC1. The van der Waals surface area contributed by atoms with Crippen molar-refractivity contribution >= 4 is 11.9 Å². The quantitative estimate of drug-likeness (QED) is 0.386. The van der Waals surface area contributed by atoms with E-state index in [1.165, 1.54) is 0 Å². The lowest BCUT2D eigenvalue weighted by molar-refractivity contribution is -0.119. The molecule has 0 aliphatic carbocycles. The average Bonchev–Trinajstić information content (AvgIpc) is 3.31. The number of aryl methyl sites for hydroxylation is 1. The zero-order valence-electron chi connectivity index (χ0n) is 18.7. The van der Waals surface area contributed by atoms with Crippen LogP contribution < -0.4 is 25.8 Å². The highest BCUT2D eigenvalue weighted by Gasteiger charge is 2.17. The van der Waals surface area contributed by atoms with Crippen LogP contribution in [0.5, 0.6) is 11.5 Å². The number of nitrogens with two attached hydrogens (primary N) is 1. The van der Waals surface area contributed by atoms with Crippen molar-refractivity contribution < 1.29 is 19.0 Å². The first-order valence-corrected chi connectivity index (χ1v) is 10.8. The van der Waals surface area contributed by atoms with E-state index in [0.717, 1.165) is 42.1 Å². The van der Waals surface area contributed by atoms with Gasteiger partial charge in [0.1, 0.15) is 11.5 Å². The Morgan fingerprint density at radius 1 is 1.19 bits per heavy atom. The summed E-state index contributed by atoms with van der Waals surface area (Å²) in [6.45, 7) is 5.30. The van der Waals surface area contributed by atoms with Gasteiger partial charge < -0.3 is 30.6 Å². The average molecular weight is 441 g/mol. The molecule has 0 saturated carbocycles. The molecule has 0 radical (unpaired) electrons. The molecule has 8 heteroatoms. The number of rotatable bonds is 10. The smallest absolute Gasteiger partial charge is 0.255 e. The largest absolute Gasteiger partial charge is 0.493 e. The van der Waals surface area contributed by atoms with E-state index in [4.69, 9.17) is 19.9 Å². The molecule has 3 rings (SSSR count). The number of guanidine groups is 1. The third kappa shape index (κ3) is 7.46. The molecular weight excluding hydrogens is 408 g/mol. The standard InChI is InChI=1S/C24H32N4O4/c1-17-6-7-20(22(10-17)32-15-19-8-9-30-14-19)13-28-24(26-2)27-12-18-4-3-5-21(11-18)31-16-23(25)29/h3-7,10-11,19H,8-9,12-16H2,1-2H3,(H2,25,29)(H2,26,27,28). The van der Waals surface area contributed by atoms with Gasteiger partial charge in [0.05, 0.1) is 13.2 Å². The number of ether oxygens (including phenoxy) is 3. The van der Waals surface area contributed by atoms with Gasteiger partial charge in [-0.3, -0.25) is 9.79 Å². The summed E-state index contributed by atoms with van der Waals surface area (Å²) in [6.07, 6.45) is 1.05. The van der Waals surface area contributed by atoms with Crippen molar-refractivity contribution in [2.75, 3.05) is 33.5 Å². The maximum Gasteiger partial charge on any atom is 0.255 e. The Morgan fingerprint density at radius 3 is 2.78 bits per heavy atom. The first kappa shape index (κ1) is 23.4. The van der Waals surface area contributed by atoms with E-state index in [0.29, 0.717) is 37.3 Å². The highest BCUT2D eigenvalue weighted by Crippen LogP contribution is 2.22. The lowest BCUT2D eigenvalue weighted by Crippen LogP contribution is -2.36. The van der Waals surface area contributed by atoms with Gasteiger partial charge in [0.2, 0.25) is 0 Å². The predicted octanol–water partition coefficient (Wildman–Crippen LogP) is 2.14. The minimum absolute atomic E-state index is 0.144. The van der Waals surface area contributed by atoms with Crippen LogP contribution in [-0.2, 0) is 22.6 Å². The van der Waals surface area contributed by atoms with Crippen molar-refractivity contribution in [2.24, 2.45) is 16.6 Å². The fourth-order valence-corrected chi connectivity index (χ4v) is 3.35. The van der Waals surface area contributed by atoms with Crippen LogP contribution in [0.3, 0.4) is 0 Å². The van der Waals surface area contributed by atoms with Gasteiger partial charge in [0, 0.05) is 38.2 Å². The molecule has 2 aromatic carbocycles. The molecule has 32 heavy (non-hydrogen) atoms. The lowest BCUT2D eigenvalue weighted by atomic mass is 10.1. The van der Waals surface area contributed by atoms with Crippen LogP contribution in [-0.4, -0.2) is 45.3 Å². The minimum atomic E-state index is -0.505. The van der Waals surface area contributed by atoms with Gasteiger partial charge in [0.15, 0.2) is 12.6 Å². The van der Waals surface area contributed by atoms with Crippen molar-refractivity contribution in [2.45, 2.75) is 26.4 Å². The van der Waals surface area contributed by atoms with Gasteiger partial charge >= 0.3 is 0 Å². The van der Waals surface area contributed by atoms with Crippen molar-refractivity contribution in [3.63, 3.8) is 0 Å². The molecule has 2 aromatic rings. The van der Waals surface area contributed by atoms with Crippen LogP contribution in [0.1, 0.15) is 23.1 Å². The minimum Gasteiger partial charge on any atom is -0.493 e. The van der Waals surface area contributed by atoms with Crippen molar-refractivity contribution in [3.05, 3.63) is 59.2 Å². The fraction of sp³-hybridized carbons (Fsp3) is 0.417. The van der Waals surface area contributed by atoms with Crippen LogP contribution in [0.4, 0.5) is 0 Å². The molecule has 4 N–H and O–H groups in total. The van der Waals surface area contributed by atoms with E-state index in [1.807, 2.05) is 18.2 Å². The number of nitrogens with one attached hydrogen (secondary N) is 2. The van der Waals surface area contributed by atoms with Gasteiger partial charge in [-0.15, -0.1) is 0 Å². The summed E-state index contributed by atoms with van der Waals surface area (Å²) in [6, 6.07) is 13.7. The molecular formula is C24H32N4O4. The zero-order chi connectivity index (χ0) is 22.8. The molecule has 0 bridgehead atoms. The number of amides is 1. The second kappa shape index (κ2) is 12.0. The van der Waals surface area contributed by atoms with Gasteiger partial charge in [-0.25, -0.2) is 0 Å². The van der Waals surface area contributed by atoms with Crippen LogP contribution in [0.15, 0.2) is 47.5 Å². The molecule has 1 atom stereocenters. The number of nitrogens with zero attached hydrogens (tertiary/aromatic N) is 1. The Balaban J connectivity index is 1.53. The Kier molecular flexibility index (Phi) is 8.74. The monoisotopic (exact) mass is 440 g/mol. The van der Waals surface area contributed by atoms with E-state index in [1.54, 1.807) is 13.1 Å². The molecule has 1 saturated heterocycles. The van der Waals surface area contributed by atoms with Crippen LogP contribution in [0.25, 0.3) is 0 Å². The number of hydrogen-bond acceptors (Lipinski definition) is 5. The normalized spacial score (nSPS) is 15.9. The molecule has 1 fully saturated rings. The number of carbonyl (C=O) groups excluding carboxylic acids is 1. The molecule has 1 heterocycles. The molecule has 8 nitrogen and oxygen atoms in total. The maximum absolute atomic E-state index is 10.9. The van der Waals surface area contributed by atoms with Gasteiger partial charge in [-0.2, -0.15) is 0 Å². The molecule has 0 aromatic heterocycles. The molecule has 1 unspecified atom stereocenters. The predicted molar refractivity (Wildman–Crippen MR) is 124 cm³/mol. The van der Waals surface area contributed by atoms with Crippen molar-refractivity contribution in [1.82, 2.24) is 10.6 Å². The highest BCUT2D eigenvalue weighted by molar-refractivity contribution is 5.79. The van der Waals surface area contributed by atoms with Crippen LogP contribution in [0.2, 0.25) is 0 Å². The molecule has 1 aliphatic rings. The molecule has 1 amide bonds. The van der Waals surface area contributed by atoms with Gasteiger partial charge in [0.25, 0.3) is 5.91 Å². The number of primary amides is 1. The first-order valence-electron chi connectivity index (χ1n) is 10.8. The van der Waals surface area contributed by atoms with E-state index in [2.05, 4.69) is 40.7 Å². The second-order valence-corrected chi connectivity index (χ2v) is 7.83. The summed E-state index contributed by atoms with van der Waals surface area (Å²) in [7, 11) is 1.73. The number of benzene rings is 2. The number of carbonyl (C=O) groups is 1. The third-order valence-corrected chi connectivity index (χ3v) is 5.13. The molecule has 0 spiro atoms. The highest BCUT2D eigenvalue weighted by atomic mass is 16.5. The summed E-state index contributed by atoms with van der Waals surface area (Å²) in [5.74, 6) is 2.10. The Bertz CT molecular complexity index is 926. The Hall–Kier alpha value is -3.26. The number of hydrogen-bond donors (Lipinski definition) is 3. The summed E-state index contributed by atoms with van der Waals surface area (Å²) in [5.41, 5.74) is 8.35. The van der Waals surface area contributed by atoms with E-state index in [-0.39, 0.29) is 6.61 Å². The van der Waals surface area contributed by atoms with E-state index in [9.17, 15) is 4.79 Å². The van der Waals surface area contributed by atoms with Gasteiger partial charge in [-0.1, -0.05) is 24.3 Å². The first-order chi connectivity index (χ1) is 15.5. The fourth-order valence-electron chi connectivity index (χ4n) is 3.35. The van der Waals surface area contributed by atoms with Crippen molar-refractivity contribution in [1.29, 1.82) is 0 Å². The van der Waals surface area contributed by atoms with Gasteiger partial charge in [-0.05, 0) is 42.7 Å². The van der Waals surface area contributed by atoms with E-state index >= 15 is 0 Å². The molecule has 1 aliphatic heterocycles. The Morgan fingerprint density at radius 2 is 2.03 bits per heavy atom. The summed E-state index contributed by atoms with van der Waals surface area (Å²) in [5, 5.41) is 6.63. The lowest BCUT2D eigenvalue weighted by Gasteiger charge is -2.17. The topological polar surface area (TPSA) is 107 Å². The number of aliphatic imine (C=N–C) groups is 1. The second-order valence-electron chi connectivity index (χ2n) is 7.83. The van der Waals surface area contributed by atoms with E-state index < -0.39 is 5.91 Å². The third-order valence-electron chi connectivity index (χ3n) is 5.13. The van der Waals surface area contributed by atoms with Crippen molar-refractivity contribution in [3.8, 4) is 11.5 Å². The van der Waals surface area contributed by atoms with Crippen LogP contribution >= 0.6 is 0 Å². The molecule has 172 valence electrons. The summed E-state index contributed by atoms with van der Waals surface area (Å²) >= 11 is 0. The summed E-state index contributed by atoms with van der Waals surface area (Å²) < 4.78 is 16.9.